The lowest BCUT2D eigenvalue weighted by molar-refractivity contribution is -0.120. The van der Waals surface area contributed by atoms with Crippen LogP contribution >= 0.6 is 0 Å². The molecule has 1 aliphatic carbocycles. The Balaban J connectivity index is 1.74. The van der Waals surface area contributed by atoms with Crippen LogP contribution in [0, 0.1) is 5.41 Å². The van der Waals surface area contributed by atoms with E-state index in [-0.39, 0.29) is 0 Å². The second kappa shape index (κ2) is 5.31. The smallest absolute Gasteiger partial charge is 0.146 e. The minimum atomic E-state index is 0.435. The minimum absolute atomic E-state index is 0.435. The first kappa shape index (κ1) is 12.1. The standard InChI is InChI=1S/C14H25NO/c1-2-5-13(16)12-15-10-8-14(9-11-15)6-3-4-7-14/h2-12H2,1H3. The molecule has 0 aromatic rings. The molecule has 2 nitrogen and oxygen atoms in total. The van der Waals surface area contributed by atoms with E-state index in [0.29, 0.717) is 17.7 Å². The van der Waals surface area contributed by atoms with Crippen molar-refractivity contribution in [3.05, 3.63) is 0 Å². The van der Waals surface area contributed by atoms with E-state index in [1.807, 2.05) is 0 Å². The van der Waals surface area contributed by atoms with E-state index in [4.69, 9.17) is 0 Å². The maximum absolute atomic E-state index is 11.6. The van der Waals surface area contributed by atoms with Crippen LogP contribution in [0.5, 0.6) is 0 Å². The van der Waals surface area contributed by atoms with Crippen LogP contribution in [0.25, 0.3) is 0 Å². The summed E-state index contributed by atoms with van der Waals surface area (Å²) in [7, 11) is 0. The van der Waals surface area contributed by atoms with Crippen LogP contribution in [0.3, 0.4) is 0 Å². The first-order valence-electron chi connectivity index (χ1n) is 6.98. The van der Waals surface area contributed by atoms with Crippen LogP contribution in [-0.2, 0) is 4.79 Å². The number of rotatable bonds is 4. The van der Waals surface area contributed by atoms with Crippen molar-refractivity contribution < 1.29 is 4.79 Å². The van der Waals surface area contributed by atoms with Crippen LogP contribution in [0.15, 0.2) is 0 Å². The van der Waals surface area contributed by atoms with Gasteiger partial charge in [0.2, 0.25) is 0 Å². The van der Waals surface area contributed by atoms with Crippen LogP contribution in [0.4, 0.5) is 0 Å². The first-order valence-corrected chi connectivity index (χ1v) is 6.98. The van der Waals surface area contributed by atoms with E-state index in [0.717, 1.165) is 25.9 Å². The predicted octanol–water partition coefficient (Wildman–Crippen LogP) is 3.01. The fraction of sp³-hybridized carbons (Fsp3) is 0.929. The van der Waals surface area contributed by atoms with E-state index >= 15 is 0 Å². The van der Waals surface area contributed by atoms with E-state index in [1.165, 1.54) is 38.5 Å². The van der Waals surface area contributed by atoms with Gasteiger partial charge in [-0.15, -0.1) is 0 Å². The molecule has 0 N–H and O–H groups in total. The third-order valence-electron chi connectivity index (χ3n) is 4.51. The van der Waals surface area contributed by atoms with E-state index in [9.17, 15) is 4.79 Å². The molecule has 2 aliphatic rings. The van der Waals surface area contributed by atoms with Crippen LogP contribution < -0.4 is 0 Å². The summed E-state index contributed by atoms with van der Waals surface area (Å²) in [5, 5.41) is 0. The van der Waals surface area contributed by atoms with Crippen molar-refractivity contribution in [1.29, 1.82) is 0 Å². The Labute approximate surface area is 99.4 Å². The normalized spacial score (nSPS) is 25.1. The van der Waals surface area contributed by atoms with Crippen molar-refractivity contribution in [2.75, 3.05) is 19.6 Å². The van der Waals surface area contributed by atoms with Gasteiger partial charge in [0.1, 0.15) is 5.78 Å². The molecular weight excluding hydrogens is 198 g/mol. The molecule has 0 amide bonds. The Morgan fingerprint density at radius 3 is 2.31 bits per heavy atom. The van der Waals surface area contributed by atoms with E-state index in [1.54, 1.807) is 0 Å². The van der Waals surface area contributed by atoms with Gasteiger partial charge in [0.05, 0.1) is 6.54 Å². The number of carbonyl (C=O) groups excluding carboxylic acids is 1. The highest BCUT2D eigenvalue weighted by Gasteiger charge is 2.36. The average molecular weight is 223 g/mol. The number of nitrogens with zero attached hydrogens (tertiary/aromatic N) is 1. The van der Waals surface area contributed by atoms with Gasteiger partial charge in [-0.25, -0.2) is 0 Å². The maximum atomic E-state index is 11.6. The van der Waals surface area contributed by atoms with E-state index in [2.05, 4.69) is 11.8 Å². The summed E-state index contributed by atoms with van der Waals surface area (Å²) in [6.07, 6.45) is 10.2. The summed E-state index contributed by atoms with van der Waals surface area (Å²) in [4.78, 5) is 14.0. The molecule has 16 heavy (non-hydrogen) atoms. The molecule has 2 rings (SSSR count). The zero-order chi connectivity index (χ0) is 11.4. The molecule has 1 spiro atoms. The molecule has 0 radical (unpaired) electrons. The molecule has 0 bridgehead atoms. The fourth-order valence-electron chi connectivity index (χ4n) is 3.42. The zero-order valence-corrected chi connectivity index (χ0v) is 10.6. The first-order chi connectivity index (χ1) is 7.74. The Hall–Kier alpha value is -0.370. The van der Waals surface area contributed by atoms with E-state index < -0.39 is 0 Å². The van der Waals surface area contributed by atoms with Crippen molar-refractivity contribution in [3.63, 3.8) is 0 Å². The van der Waals surface area contributed by atoms with Crippen molar-refractivity contribution in [2.24, 2.45) is 5.41 Å². The molecule has 1 aliphatic heterocycles. The highest BCUT2D eigenvalue weighted by atomic mass is 16.1. The third-order valence-corrected chi connectivity index (χ3v) is 4.51. The van der Waals surface area contributed by atoms with Crippen LogP contribution in [-0.4, -0.2) is 30.3 Å². The van der Waals surface area contributed by atoms with Crippen molar-refractivity contribution >= 4 is 5.78 Å². The lowest BCUT2D eigenvalue weighted by atomic mass is 9.77. The second-order valence-electron chi connectivity index (χ2n) is 5.77. The molecule has 2 fully saturated rings. The molecule has 2 heteroatoms. The molecular formula is C14H25NO. The van der Waals surface area contributed by atoms with Gasteiger partial charge in [-0.3, -0.25) is 9.69 Å². The van der Waals surface area contributed by atoms with Gasteiger partial charge in [0.25, 0.3) is 0 Å². The summed E-state index contributed by atoms with van der Waals surface area (Å²) in [5.74, 6) is 0.435. The highest BCUT2D eigenvalue weighted by Crippen LogP contribution is 2.45. The number of ketones is 1. The number of hydrogen-bond donors (Lipinski definition) is 0. The lowest BCUT2D eigenvalue weighted by Gasteiger charge is -2.39. The van der Waals surface area contributed by atoms with Gasteiger partial charge >= 0.3 is 0 Å². The quantitative estimate of drug-likeness (QED) is 0.730. The number of likely N-dealkylation sites (tertiary alicyclic amines) is 1. The number of carbonyl (C=O) groups is 1. The Kier molecular flexibility index (Phi) is 4.01. The minimum Gasteiger partial charge on any atom is -0.298 e. The number of hydrogen-bond acceptors (Lipinski definition) is 2. The van der Waals surface area contributed by atoms with Gasteiger partial charge in [-0.1, -0.05) is 19.8 Å². The fourth-order valence-corrected chi connectivity index (χ4v) is 3.42. The van der Waals surface area contributed by atoms with Crippen LogP contribution in [0.1, 0.15) is 58.3 Å². The average Bonchev–Trinajstić information content (AvgIpc) is 2.71. The van der Waals surface area contributed by atoms with Gasteiger partial charge in [-0.2, -0.15) is 0 Å². The maximum Gasteiger partial charge on any atom is 0.146 e. The molecule has 0 atom stereocenters. The lowest BCUT2D eigenvalue weighted by Crippen LogP contribution is -2.41. The summed E-state index contributed by atoms with van der Waals surface area (Å²) >= 11 is 0. The largest absolute Gasteiger partial charge is 0.298 e. The topological polar surface area (TPSA) is 20.3 Å². The van der Waals surface area contributed by atoms with Crippen molar-refractivity contribution in [1.82, 2.24) is 4.90 Å². The molecule has 1 saturated heterocycles. The van der Waals surface area contributed by atoms with Gasteiger partial charge in [-0.05, 0) is 50.6 Å². The molecule has 0 aromatic carbocycles. The summed E-state index contributed by atoms with van der Waals surface area (Å²) in [6, 6.07) is 0. The third kappa shape index (κ3) is 2.85. The monoisotopic (exact) mass is 223 g/mol. The number of piperidine rings is 1. The number of Topliss-reactive ketones (excluding diaryl/α,β-unsaturated/α-hetero) is 1. The second-order valence-corrected chi connectivity index (χ2v) is 5.77. The summed E-state index contributed by atoms with van der Waals surface area (Å²) in [5.41, 5.74) is 0.685. The predicted molar refractivity (Wildman–Crippen MR) is 66.5 cm³/mol. The van der Waals surface area contributed by atoms with Crippen LogP contribution in [0.2, 0.25) is 0 Å². The van der Waals surface area contributed by atoms with Gasteiger partial charge in [0.15, 0.2) is 0 Å². The van der Waals surface area contributed by atoms with Gasteiger partial charge in [0, 0.05) is 6.42 Å². The highest BCUT2D eigenvalue weighted by molar-refractivity contribution is 5.80. The zero-order valence-electron chi connectivity index (χ0n) is 10.6. The molecule has 0 unspecified atom stereocenters. The Morgan fingerprint density at radius 2 is 1.75 bits per heavy atom. The molecule has 92 valence electrons. The van der Waals surface area contributed by atoms with Crippen molar-refractivity contribution in [2.45, 2.75) is 58.3 Å². The van der Waals surface area contributed by atoms with Gasteiger partial charge < -0.3 is 0 Å². The Bertz CT molecular complexity index is 233. The Morgan fingerprint density at radius 1 is 1.12 bits per heavy atom. The van der Waals surface area contributed by atoms with Crippen molar-refractivity contribution in [3.8, 4) is 0 Å². The molecule has 1 heterocycles. The summed E-state index contributed by atoms with van der Waals surface area (Å²) in [6.45, 7) is 5.12. The molecule has 0 aromatic heterocycles. The summed E-state index contributed by atoms with van der Waals surface area (Å²) < 4.78 is 0. The SMILES string of the molecule is CCCC(=O)CN1CCC2(CCCC2)CC1. The molecule has 1 saturated carbocycles.